The fourth-order valence-corrected chi connectivity index (χ4v) is 22.6. The van der Waals surface area contributed by atoms with Gasteiger partial charge in [-0.2, -0.15) is 0 Å². The number of methoxy groups -OCH3 is 2. The van der Waals surface area contributed by atoms with E-state index in [2.05, 4.69) is 96.2 Å². The molecule has 0 aromatic heterocycles. The van der Waals surface area contributed by atoms with Gasteiger partial charge in [0.2, 0.25) is 19.9 Å². The molecule has 1 unspecified atom stereocenters. The predicted octanol–water partition coefficient (Wildman–Crippen LogP) is 28.2. The molecule has 0 bridgehead atoms. The number of hydrogen-bond donors (Lipinski definition) is 2. The van der Waals surface area contributed by atoms with Crippen LogP contribution in [0.15, 0.2) is 134 Å². The van der Waals surface area contributed by atoms with Gasteiger partial charge in [-0.15, -0.1) is 0 Å². The maximum Gasteiger partial charge on any atom is 0.325 e. The molecule has 1 fully saturated rings. The molecule has 0 aliphatic carbocycles. The lowest BCUT2D eigenvalue weighted by atomic mass is 9.80. The minimum absolute atomic E-state index is 0.0645. The van der Waals surface area contributed by atoms with Crippen molar-refractivity contribution in [3.05, 3.63) is 156 Å². The number of nitrogens with two attached hydrogens (primary N) is 1. The molecule has 7 rings (SSSR count). The second-order valence-corrected chi connectivity index (χ2v) is 39.6. The Bertz CT molecular complexity index is 3290. The van der Waals surface area contributed by atoms with Crippen molar-refractivity contribution in [3.63, 3.8) is 0 Å². The highest BCUT2D eigenvalue weighted by atomic mass is 28.4. The van der Waals surface area contributed by atoms with Crippen molar-refractivity contribution < 1.29 is 47.2 Å². The number of benzene rings is 5. The van der Waals surface area contributed by atoms with Crippen LogP contribution in [0, 0.1) is 0 Å². The van der Waals surface area contributed by atoms with Crippen molar-refractivity contribution in [3.8, 4) is 28.7 Å². The van der Waals surface area contributed by atoms with Gasteiger partial charge in [-0.3, -0.25) is 15.4 Å². The third-order valence-electron chi connectivity index (χ3n) is 24.9. The molecule has 0 radical (unpaired) electrons. The van der Waals surface area contributed by atoms with Crippen LogP contribution in [0.5, 0.6) is 28.7 Å². The second-order valence-electron chi connectivity index (χ2n) is 34.9. The first kappa shape index (κ1) is 98.0. The molecule has 1 saturated heterocycles. The van der Waals surface area contributed by atoms with Gasteiger partial charge in [0.1, 0.15) is 29.4 Å². The molecule has 14 heteroatoms. The highest BCUT2D eigenvalue weighted by Crippen LogP contribution is 2.46. The molecule has 2 heterocycles. The number of hydrogen-bond acceptors (Lipinski definition) is 11. The van der Waals surface area contributed by atoms with Gasteiger partial charge in [0.25, 0.3) is 0 Å². The van der Waals surface area contributed by atoms with Crippen molar-refractivity contribution >= 4 is 25.3 Å². The van der Waals surface area contributed by atoms with Crippen molar-refractivity contribution in [2.75, 3.05) is 40.6 Å². The number of carbonyl (C=O) groups excluding carboxylic acids is 2. The number of ether oxygens (including phenoxy) is 7. The van der Waals surface area contributed by atoms with Gasteiger partial charge in [0.15, 0.2) is 17.2 Å². The summed E-state index contributed by atoms with van der Waals surface area (Å²) in [4.78, 5) is 32.3. The standard InChI is InChI=1S/C103H163N3O10Si/c1-10-13-16-19-22-25-28-31-34-37-40-43-46-49-52-61-78-111-95-81-87(82-96(112-79-62-53-50-47-44-41-38-35-32-29-26-23-20-17-14-11-2)99(95)113-80-63-54-51-48-45-42-39-36-33-30-27-24-21-18-15-12-3)100(107)102(104)76-77-106(101(108)105-102)98-83-94(116-117(85(4)5,86(6)7)93-66-59-56-60-67-93)97(115-98)84-114-103(88-64-57-55-58-65-88,89-68-72-91(109-8)73-69-89)90-70-74-92(110-9)75-71-90/h55-60,64-77,81-82,85-86,94,97-98H,10-54,61-63,78-80,83-84,104H2,1-9H3,(H,105,108)/t94-,97+,98+,102?/m0/s1. The van der Waals surface area contributed by atoms with E-state index in [1.165, 1.54) is 267 Å². The minimum Gasteiger partial charge on any atom is -0.497 e. The first-order chi connectivity index (χ1) is 57.3. The number of Topliss-reactive ketones (excluding diaryl/α,β-unsaturated/α-hetero) is 1. The summed E-state index contributed by atoms with van der Waals surface area (Å²) in [5.41, 5.74) is 7.40. The summed E-state index contributed by atoms with van der Waals surface area (Å²) in [5, 5.41) is 4.18. The van der Waals surface area contributed by atoms with E-state index < -0.39 is 49.8 Å². The van der Waals surface area contributed by atoms with E-state index in [4.69, 9.17) is 43.3 Å². The Hall–Kier alpha value is -6.16. The summed E-state index contributed by atoms with van der Waals surface area (Å²) in [7, 11) is 0.453. The number of rotatable bonds is 70. The van der Waals surface area contributed by atoms with Crippen molar-refractivity contribution in [2.45, 2.75) is 404 Å². The molecule has 2 aliphatic heterocycles. The minimum atomic E-state index is -2.88. The normalized spacial score (nSPS) is 16.4. The fourth-order valence-electron chi connectivity index (χ4n) is 17.7. The SMILES string of the molecule is CCCCCCCCCCCCCCCCCCOc1cc(C(=O)C2(N)C=CN([C@H]3C[C@H](O[Si](c4ccccc4)(C(C)C)C(C)C)[C@@H](COC(c4ccccc4)(c4ccc(OC)cc4)c4ccc(OC)cc4)O3)C(=O)N2)cc(OCCCCCCCCCCCCCCCCCC)c1OCCCCCCCCCCCCCCCCCC. The average Bonchev–Trinajstić information content (AvgIpc) is 1.72. The topological polar surface area (TPSA) is 149 Å². The zero-order valence-electron chi connectivity index (χ0n) is 75.2. The highest BCUT2D eigenvalue weighted by molar-refractivity contribution is 6.88. The van der Waals surface area contributed by atoms with E-state index in [0.717, 1.165) is 79.6 Å². The number of ketones is 1. The van der Waals surface area contributed by atoms with Gasteiger partial charge in [0.05, 0.1) is 46.8 Å². The van der Waals surface area contributed by atoms with Crippen LogP contribution in [0.1, 0.15) is 390 Å². The second kappa shape index (κ2) is 58.0. The van der Waals surface area contributed by atoms with Crippen LogP contribution in [0.25, 0.3) is 0 Å². The number of urea groups is 1. The van der Waals surface area contributed by atoms with Crippen molar-refractivity contribution in [1.29, 1.82) is 0 Å². The van der Waals surface area contributed by atoms with Gasteiger partial charge < -0.3 is 42.9 Å². The lowest BCUT2D eigenvalue weighted by Gasteiger charge is -2.42. The highest BCUT2D eigenvalue weighted by Gasteiger charge is 2.52. The molecule has 5 aromatic carbocycles. The summed E-state index contributed by atoms with van der Waals surface area (Å²) in [6, 6.07) is 39.9. The van der Waals surface area contributed by atoms with Gasteiger partial charge in [-0.25, -0.2) is 4.79 Å². The molecule has 4 atom stereocenters. The van der Waals surface area contributed by atoms with E-state index in [0.29, 0.717) is 43.5 Å². The van der Waals surface area contributed by atoms with Crippen molar-refractivity contribution in [2.24, 2.45) is 5.73 Å². The molecule has 0 saturated carbocycles. The van der Waals surface area contributed by atoms with Gasteiger partial charge in [-0.1, -0.05) is 422 Å². The first-order valence-corrected chi connectivity index (χ1v) is 49.9. The Morgan fingerprint density at radius 3 is 1.15 bits per heavy atom. The third kappa shape index (κ3) is 33.6. The summed E-state index contributed by atoms with van der Waals surface area (Å²) in [5.74, 6) is 2.38. The summed E-state index contributed by atoms with van der Waals surface area (Å²) in [6.45, 7) is 17.4. The average molecular weight is 1630 g/mol. The summed E-state index contributed by atoms with van der Waals surface area (Å²) < 4.78 is 54.6. The molecule has 2 aliphatic rings. The zero-order valence-corrected chi connectivity index (χ0v) is 76.2. The lowest BCUT2D eigenvalue weighted by Crippen LogP contribution is -2.65. The maximum absolute atomic E-state index is 15.6. The fraction of sp³-hybridized carbons (Fsp3) is 0.670. The predicted molar refractivity (Wildman–Crippen MR) is 491 cm³/mol. The van der Waals surface area contributed by atoms with Crippen LogP contribution in [-0.2, 0) is 19.5 Å². The van der Waals surface area contributed by atoms with Gasteiger partial charge in [0, 0.05) is 18.2 Å². The molecule has 117 heavy (non-hydrogen) atoms. The molecular formula is C103H163N3O10Si. The molecule has 5 aromatic rings. The largest absolute Gasteiger partial charge is 0.497 e. The number of unbranched alkanes of at least 4 members (excludes halogenated alkanes) is 45. The van der Waals surface area contributed by atoms with Crippen LogP contribution < -0.4 is 39.9 Å². The van der Waals surface area contributed by atoms with E-state index in [9.17, 15) is 0 Å². The van der Waals surface area contributed by atoms with Crippen LogP contribution >= 0.6 is 0 Å². The Labute approximate surface area is 713 Å². The summed E-state index contributed by atoms with van der Waals surface area (Å²) >= 11 is 0. The van der Waals surface area contributed by atoms with E-state index >= 15 is 9.59 Å². The Morgan fingerprint density at radius 2 is 0.803 bits per heavy atom. The van der Waals surface area contributed by atoms with Crippen LogP contribution in [0.2, 0.25) is 11.1 Å². The monoisotopic (exact) mass is 1630 g/mol. The zero-order chi connectivity index (χ0) is 83.3. The molecule has 13 nitrogen and oxygen atoms in total. The summed E-state index contributed by atoms with van der Waals surface area (Å²) in [6.07, 6.45) is 63.2. The quantitative estimate of drug-likeness (QED) is 0.0166. The van der Waals surface area contributed by atoms with E-state index in [1.54, 1.807) is 38.6 Å². The van der Waals surface area contributed by atoms with E-state index in [-0.39, 0.29) is 23.3 Å². The molecule has 0 spiro atoms. The maximum atomic E-state index is 15.6. The molecule has 2 amide bonds. The lowest BCUT2D eigenvalue weighted by molar-refractivity contribution is -0.0962. The number of nitrogens with one attached hydrogen (secondary N) is 1. The van der Waals surface area contributed by atoms with Gasteiger partial charge in [-0.05, 0) is 94.7 Å². The molecule has 654 valence electrons. The Morgan fingerprint density at radius 1 is 0.470 bits per heavy atom. The third-order valence-corrected chi connectivity index (χ3v) is 30.2. The first-order valence-electron chi connectivity index (χ1n) is 47.9. The Balaban J connectivity index is 1.11. The number of carbonyl (C=O) groups is 2. The molecular weight excluding hydrogens is 1470 g/mol. The smallest absolute Gasteiger partial charge is 0.325 e. The van der Waals surface area contributed by atoms with Crippen molar-refractivity contribution in [1.82, 2.24) is 10.2 Å². The molecule has 3 N–H and O–H groups in total. The van der Waals surface area contributed by atoms with E-state index in [1.807, 2.05) is 66.7 Å². The Kier molecular flexibility index (Phi) is 48.5. The van der Waals surface area contributed by atoms with Crippen LogP contribution in [0.3, 0.4) is 0 Å². The van der Waals surface area contributed by atoms with Crippen LogP contribution in [0.4, 0.5) is 4.79 Å². The number of amides is 2. The van der Waals surface area contributed by atoms with Crippen LogP contribution in [-0.4, -0.2) is 89.8 Å². The number of nitrogens with zero attached hydrogens (tertiary/aromatic N) is 1. The van der Waals surface area contributed by atoms with Gasteiger partial charge >= 0.3 is 6.03 Å².